The molecule has 0 saturated carbocycles. The summed E-state index contributed by atoms with van der Waals surface area (Å²) in [6.07, 6.45) is -0.597. The summed E-state index contributed by atoms with van der Waals surface area (Å²) in [5, 5.41) is 0. The number of halogens is 1. The highest BCUT2D eigenvalue weighted by molar-refractivity contribution is 5.36. The standard InChI is InChI=1S/C12H18FNO/c1-3-15-10-4-5-11(9(2)8-10)12(13)6-7-14/h4-5,8,12H,3,6-7,14H2,1-2H3. The van der Waals surface area contributed by atoms with E-state index in [2.05, 4.69) is 0 Å². The second-order valence-electron chi connectivity index (χ2n) is 3.50. The Morgan fingerprint density at radius 2 is 2.20 bits per heavy atom. The second kappa shape index (κ2) is 5.71. The molecule has 1 atom stereocenters. The van der Waals surface area contributed by atoms with Crippen LogP contribution in [0.2, 0.25) is 0 Å². The third kappa shape index (κ3) is 3.20. The largest absolute Gasteiger partial charge is 0.494 e. The molecule has 0 amide bonds. The molecule has 15 heavy (non-hydrogen) atoms. The molecule has 3 heteroatoms. The molecule has 0 heterocycles. The Bertz CT molecular complexity index is 314. The van der Waals surface area contributed by atoms with Gasteiger partial charge >= 0.3 is 0 Å². The number of rotatable bonds is 5. The van der Waals surface area contributed by atoms with Gasteiger partial charge in [-0.05, 0) is 50.1 Å². The fourth-order valence-electron chi connectivity index (χ4n) is 1.56. The highest BCUT2D eigenvalue weighted by Gasteiger charge is 2.11. The maximum absolute atomic E-state index is 13.6. The number of nitrogens with two attached hydrogens (primary N) is 1. The molecule has 0 aromatic heterocycles. The lowest BCUT2D eigenvalue weighted by Crippen LogP contribution is -2.05. The number of hydrogen-bond acceptors (Lipinski definition) is 2. The molecule has 0 fully saturated rings. The van der Waals surface area contributed by atoms with Gasteiger partial charge in [-0.1, -0.05) is 6.07 Å². The van der Waals surface area contributed by atoms with Crippen LogP contribution >= 0.6 is 0 Å². The van der Waals surface area contributed by atoms with E-state index in [1.807, 2.05) is 19.9 Å². The lowest BCUT2D eigenvalue weighted by atomic mass is 10.0. The summed E-state index contributed by atoms with van der Waals surface area (Å²) in [5.74, 6) is 0.790. The first-order chi connectivity index (χ1) is 7.19. The summed E-state index contributed by atoms with van der Waals surface area (Å²) in [6.45, 7) is 4.81. The zero-order chi connectivity index (χ0) is 11.3. The molecule has 0 saturated heterocycles. The minimum atomic E-state index is -0.967. The van der Waals surface area contributed by atoms with Crippen molar-refractivity contribution >= 4 is 0 Å². The Morgan fingerprint density at radius 1 is 1.47 bits per heavy atom. The van der Waals surface area contributed by atoms with Crippen LogP contribution in [0.15, 0.2) is 18.2 Å². The normalized spacial score (nSPS) is 12.5. The van der Waals surface area contributed by atoms with Crippen LogP contribution < -0.4 is 10.5 Å². The van der Waals surface area contributed by atoms with Gasteiger partial charge < -0.3 is 10.5 Å². The van der Waals surface area contributed by atoms with Gasteiger partial charge in [0, 0.05) is 0 Å². The molecule has 1 aromatic rings. The second-order valence-corrected chi connectivity index (χ2v) is 3.50. The summed E-state index contributed by atoms with van der Waals surface area (Å²) >= 11 is 0. The van der Waals surface area contributed by atoms with Crippen molar-refractivity contribution in [2.45, 2.75) is 26.4 Å². The highest BCUT2D eigenvalue weighted by Crippen LogP contribution is 2.26. The first kappa shape index (κ1) is 12.0. The Labute approximate surface area is 90.2 Å². The van der Waals surface area contributed by atoms with Crippen LogP contribution in [-0.4, -0.2) is 13.2 Å². The molecule has 0 radical (unpaired) electrons. The molecular weight excluding hydrogens is 193 g/mol. The smallest absolute Gasteiger partial charge is 0.127 e. The molecule has 1 rings (SSSR count). The minimum absolute atomic E-state index is 0.369. The first-order valence-electron chi connectivity index (χ1n) is 5.26. The summed E-state index contributed by atoms with van der Waals surface area (Å²) in [6, 6.07) is 5.44. The Balaban J connectivity index is 2.82. The number of aryl methyl sites for hydroxylation is 1. The van der Waals surface area contributed by atoms with Crippen LogP contribution in [0, 0.1) is 6.92 Å². The van der Waals surface area contributed by atoms with Crippen molar-refractivity contribution in [1.29, 1.82) is 0 Å². The molecule has 0 aliphatic heterocycles. The van der Waals surface area contributed by atoms with Gasteiger partial charge in [0.1, 0.15) is 11.9 Å². The Hall–Kier alpha value is -1.09. The van der Waals surface area contributed by atoms with Crippen molar-refractivity contribution in [3.63, 3.8) is 0 Å². The van der Waals surface area contributed by atoms with E-state index in [9.17, 15) is 4.39 Å². The van der Waals surface area contributed by atoms with E-state index in [1.165, 1.54) is 0 Å². The van der Waals surface area contributed by atoms with Gasteiger partial charge in [0.2, 0.25) is 0 Å². The quantitative estimate of drug-likeness (QED) is 0.812. The molecule has 2 nitrogen and oxygen atoms in total. The van der Waals surface area contributed by atoms with Crippen LogP contribution in [0.5, 0.6) is 5.75 Å². The molecular formula is C12H18FNO. The van der Waals surface area contributed by atoms with E-state index in [-0.39, 0.29) is 0 Å². The minimum Gasteiger partial charge on any atom is -0.494 e. The number of benzene rings is 1. The molecule has 0 aliphatic rings. The zero-order valence-electron chi connectivity index (χ0n) is 9.29. The molecule has 0 bridgehead atoms. The lowest BCUT2D eigenvalue weighted by Gasteiger charge is -2.12. The Morgan fingerprint density at radius 3 is 2.73 bits per heavy atom. The van der Waals surface area contributed by atoms with E-state index in [1.54, 1.807) is 12.1 Å². The van der Waals surface area contributed by atoms with E-state index < -0.39 is 6.17 Å². The van der Waals surface area contributed by atoms with E-state index in [0.717, 1.165) is 11.3 Å². The summed E-state index contributed by atoms with van der Waals surface area (Å²) < 4.78 is 18.9. The molecule has 84 valence electrons. The molecule has 0 spiro atoms. The number of alkyl halides is 1. The van der Waals surface area contributed by atoms with E-state index in [0.29, 0.717) is 25.1 Å². The molecule has 0 aliphatic carbocycles. The predicted octanol–water partition coefficient (Wildman–Crippen LogP) is 2.75. The lowest BCUT2D eigenvalue weighted by molar-refractivity contribution is 0.323. The van der Waals surface area contributed by atoms with Gasteiger partial charge in [0.25, 0.3) is 0 Å². The Kier molecular flexibility index (Phi) is 4.56. The topological polar surface area (TPSA) is 35.2 Å². The zero-order valence-corrected chi connectivity index (χ0v) is 9.29. The summed E-state index contributed by atoms with van der Waals surface area (Å²) in [7, 11) is 0. The monoisotopic (exact) mass is 211 g/mol. The average molecular weight is 211 g/mol. The van der Waals surface area contributed by atoms with Crippen molar-refractivity contribution in [3.8, 4) is 5.75 Å². The third-order valence-electron chi connectivity index (χ3n) is 2.31. The number of hydrogen-bond donors (Lipinski definition) is 1. The van der Waals surface area contributed by atoms with Crippen LogP contribution in [0.4, 0.5) is 4.39 Å². The maximum Gasteiger partial charge on any atom is 0.127 e. The van der Waals surface area contributed by atoms with Crippen LogP contribution in [0.1, 0.15) is 30.6 Å². The maximum atomic E-state index is 13.6. The van der Waals surface area contributed by atoms with E-state index in [4.69, 9.17) is 10.5 Å². The van der Waals surface area contributed by atoms with Crippen LogP contribution in [0.25, 0.3) is 0 Å². The molecule has 2 N–H and O–H groups in total. The highest BCUT2D eigenvalue weighted by atomic mass is 19.1. The van der Waals surface area contributed by atoms with E-state index >= 15 is 0 Å². The van der Waals surface area contributed by atoms with Crippen molar-refractivity contribution < 1.29 is 9.13 Å². The fraction of sp³-hybridized carbons (Fsp3) is 0.500. The van der Waals surface area contributed by atoms with Gasteiger partial charge in [-0.3, -0.25) is 0 Å². The summed E-state index contributed by atoms with van der Waals surface area (Å²) in [5.41, 5.74) is 6.96. The van der Waals surface area contributed by atoms with Crippen molar-refractivity contribution in [1.82, 2.24) is 0 Å². The summed E-state index contributed by atoms with van der Waals surface area (Å²) in [4.78, 5) is 0. The van der Waals surface area contributed by atoms with Gasteiger partial charge in [0.15, 0.2) is 0 Å². The first-order valence-corrected chi connectivity index (χ1v) is 5.26. The van der Waals surface area contributed by atoms with Crippen molar-refractivity contribution in [3.05, 3.63) is 29.3 Å². The average Bonchev–Trinajstić information content (AvgIpc) is 2.18. The van der Waals surface area contributed by atoms with Gasteiger partial charge in [0.05, 0.1) is 6.61 Å². The van der Waals surface area contributed by atoms with Crippen LogP contribution in [0.3, 0.4) is 0 Å². The van der Waals surface area contributed by atoms with Gasteiger partial charge in [-0.15, -0.1) is 0 Å². The SMILES string of the molecule is CCOc1ccc(C(F)CCN)c(C)c1. The molecule has 1 aromatic carbocycles. The number of ether oxygens (including phenoxy) is 1. The van der Waals surface area contributed by atoms with Crippen molar-refractivity contribution in [2.24, 2.45) is 5.73 Å². The van der Waals surface area contributed by atoms with Crippen LogP contribution in [-0.2, 0) is 0 Å². The van der Waals surface area contributed by atoms with Gasteiger partial charge in [-0.25, -0.2) is 4.39 Å². The fourth-order valence-corrected chi connectivity index (χ4v) is 1.56. The van der Waals surface area contributed by atoms with Gasteiger partial charge in [-0.2, -0.15) is 0 Å². The molecule has 1 unspecified atom stereocenters. The third-order valence-corrected chi connectivity index (χ3v) is 2.31. The van der Waals surface area contributed by atoms with Crippen molar-refractivity contribution in [2.75, 3.05) is 13.2 Å². The predicted molar refractivity (Wildman–Crippen MR) is 59.9 cm³/mol.